The minimum absolute atomic E-state index is 0.205. The van der Waals surface area contributed by atoms with Crippen LogP contribution in [-0.2, 0) is 11.3 Å². The van der Waals surface area contributed by atoms with Crippen molar-refractivity contribution in [2.24, 2.45) is 5.10 Å². The minimum Gasteiger partial charge on any atom is -0.478 e. The highest BCUT2D eigenvalue weighted by Gasteiger charge is 2.10. The second-order valence-electron chi connectivity index (χ2n) is 4.99. The molecule has 0 amide bonds. The zero-order valence-electron chi connectivity index (χ0n) is 13.3. The molecule has 0 fully saturated rings. The van der Waals surface area contributed by atoms with E-state index in [-0.39, 0.29) is 5.56 Å². The molecule has 24 heavy (non-hydrogen) atoms. The van der Waals surface area contributed by atoms with Gasteiger partial charge in [0, 0.05) is 18.4 Å². The van der Waals surface area contributed by atoms with Gasteiger partial charge in [0.25, 0.3) is 0 Å². The smallest absolute Gasteiger partial charge is 0.335 e. The van der Waals surface area contributed by atoms with Crippen LogP contribution in [0.1, 0.15) is 32.7 Å². The third-order valence-electron chi connectivity index (χ3n) is 3.18. The highest BCUT2D eigenvalue weighted by atomic mass is 16.5. The Morgan fingerprint density at radius 2 is 2.17 bits per heavy atom. The number of carboxylic acids is 1. The Labute approximate surface area is 139 Å². The predicted octanol–water partition coefficient (Wildman–Crippen LogP) is 2.55. The van der Waals surface area contributed by atoms with Gasteiger partial charge in [0.1, 0.15) is 11.6 Å². The summed E-state index contributed by atoms with van der Waals surface area (Å²) in [5.74, 6) is -0.632. The van der Waals surface area contributed by atoms with Gasteiger partial charge in [-0.25, -0.2) is 9.78 Å². The SMILES string of the molecule is COCc1cc(C)nc(NN=Cc2ccc(C(=O)O)cc2)c1C#N. The standard InChI is InChI=1S/C17H16N4O3/c1-11-7-14(10-24-2)15(8-18)16(20-11)21-19-9-12-3-5-13(6-4-12)17(22)23/h3-7,9H,10H2,1-2H3,(H,20,21)(H,22,23). The van der Waals surface area contributed by atoms with Crippen LogP contribution in [0.4, 0.5) is 5.82 Å². The molecule has 1 aromatic heterocycles. The van der Waals surface area contributed by atoms with Crippen molar-refractivity contribution in [3.63, 3.8) is 0 Å². The molecule has 0 aliphatic carbocycles. The first kappa shape index (κ1) is 17.1. The molecule has 7 nitrogen and oxygen atoms in total. The summed E-state index contributed by atoms with van der Waals surface area (Å²) < 4.78 is 5.09. The third kappa shape index (κ3) is 4.15. The van der Waals surface area contributed by atoms with Crippen LogP contribution in [0, 0.1) is 18.3 Å². The maximum absolute atomic E-state index is 10.8. The van der Waals surface area contributed by atoms with Gasteiger partial charge in [-0.05, 0) is 30.7 Å². The number of nitrogens with one attached hydrogen (secondary N) is 1. The highest BCUT2D eigenvalue weighted by molar-refractivity contribution is 5.89. The number of aryl methyl sites for hydroxylation is 1. The van der Waals surface area contributed by atoms with Gasteiger partial charge in [-0.3, -0.25) is 5.43 Å². The first-order valence-corrected chi connectivity index (χ1v) is 7.07. The fraction of sp³-hybridized carbons (Fsp3) is 0.176. The lowest BCUT2D eigenvalue weighted by Gasteiger charge is -2.09. The van der Waals surface area contributed by atoms with Crippen LogP contribution < -0.4 is 5.43 Å². The van der Waals surface area contributed by atoms with Crippen molar-refractivity contribution < 1.29 is 14.6 Å². The Morgan fingerprint density at radius 1 is 1.46 bits per heavy atom. The topological polar surface area (TPSA) is 108 Å². The Morgan fingerprint density at radius 3 is 2.75 bits per heavy atom. The average molecular weight is 324 g/mol. The largest absolute Gasteiger partial charge is 0.478 e. The van der Waals surface area contributed by atoms with Gasteiger partial charge in [-0.15, -0.1) is 0 Å². The lowest BCUT2D eigenvalue weighted by Crippen LogP contribution is -2.03. The number of anilines is 1. The molecule has 7 heteroatoms. The van der Waals surface area contributed by atoms with E-state index in [1.807, 2.05) is 6.92 Å². The molecule has 0 radical (unpaired) electrons. The predicted molar refractivity (Wildman–Crippen MR) is 89.0 cm³/mol. The Hall–Kier alpha value is -3.24. The normalized spacial score (nSPS) is 10.5. The highest BCUT2D eigenvalue weighted by Crippen LogP contribution is 2.19. The number of carboxylic acid groups (broad SMARTS) is 1. The van der Waals surface area contributed by atoms with Crippen LogP contribution in [0.2, 0.25) is 0 Å². The van der Waals surface area contributed by atoms with Gasteiger partial charge in [-0.1, -0.05) is 12.1 Å². The van der Waals surface area contributed by atoms with E-state index in [1.54, 1.807) is 25.3 Å². The number of pyridine rings is 1. The lowest BCUT2D eigenvalue weighted by atomic mass is 10.1. The summed E-state index contributed by atoms with van der Waals surface area (Å²) in [5.41, 5.74) is 5.53. The molecule has 0 atom stereocenters. The Balaban J connectivity index is 2.19. The van der Waals surface area contributed by atoms with Gasteiger partial charge in [0.15, 0.2) is 5.82 Å². The second-order valence-corrected chi connectivity index (χ2v) is 4.99. The molecular weight excluding hydrogens is 308 g/mol. The van der Waals surface area contributed by atoms with Gasteiger partial charge in [0.05, 0.1) is 18.4 Å². The molecule has 0 bridgehead atoms. The number of nitriles is 1. The molecule has 2 N–H and O–H groups in total. The van der Waals surface area contributed by atoms with Crippen molar-refractivity contribution in [2.45, 2.75) is 13.5 Å². The third-order valence-corrected chi connectivity index (χ3v) is 3.18. The zero-order valence-corrected chi connectivity index (χ0v) is 13.3. The summed E-state index contributed by atoms with van der Waals surface area (Å²) in [7, 11) is 1.56. The van der Waals surface area contributed by atoms with Crippen molar-refractivity contribution in [2.75, 3.05) is 12.5 Å². The summed E-state index contributed by atoms with van der Waals surface area (Å²) in [6.45, 7) is 2.13. The molecule has 0 unspecified atom stereocenters. The van der Waals surface area contributed by atoms with E-state index in [0.29, 0.717) is 18.0 Å². The van der Waals surface area contributed by atoms with Crippen LogP contribution in [0.15, 0.2) is 35.4 Å². The number of methoxy groups -OCH3 is 1. The quantitative estimate of drug-likeness (QED) is 0.624. The van der Waals surface area contributed by atoms with E-state index >= 15 is 0 Å². The van der Waals surface area contributed by atoms with Crippen LogP contribution in [-0.4, -0.2) is 29.4 Å². The summed E-state index contributed by atoms with van der Waals surface area (Å²) >= 11 is 0. The van der Waals surface area contributed by atoms with Crippen LogP contribution in [0.25, 0.3) is 0 Å². The number of aromatic carboxylic acids is 1. The number of ether oxygens (including phenoxy) is 1. The van der Waals surface area contributed by atoms with Crippen molar-refractivity contribution >= 4 is 18.0 Å². The molecule has 1 aromatic carbocycles. The van der Waals surface area contributed by atoms with E-state index in [9.17, 15) is 10.1 Å². The van der Waals surface area contributed by atoms with Gasteiger partial charge < -0.3 is 9.84 Å². The molecule has 2 rings (SSSR count). The van der Waals surface area contributed by atoms with Crippen molar-refractivity contribution in [3.05, 3.63) is 58.3 Å². The van der Waals surface area contributed by atoms with Crippen molar-refractivity contribution in [3.8, 4) is 6.07 Å². The fourth-order valence-corrected chi connectivity index (χ4v) is 2.10. The molecule has 2 aromatic rings. The molecule has 1 heterocycles. The summed E-state index contributed by atoms with van der Waals surface area (Å²) in [6.07, 6.45) is 1.52. The van der Waals surface area contributed by atoms with E-state index in [4.69, 9.17) is 9.84 Å². The zero-order chi connectivity index (χ0) is 17.5. The molecule has 0 saturated heterocycles. The lowest BCUT2D eigenvalue weighted by molar-refractivity contribution is 0.0697. The monoisotopic (exact) mass is 324 g/mol. The number of hydrogen-bond acceptors (Lipinski definition) is 6. The van der Waals surface area contributed by atoms with Crippen molar-refractivity contribution in [1.29, 1.82) is 5.26 Å². The van der Waals surface area contributed by atoms with Crippen LogP contribution >= 0.6 is 0 Å². The first-order valence-electron chi connectivity index (χ1n) is 7.07. The molecule has 0 saturated carbocycles. The van der Waals surface area contributed by atoms with Gasteiger partial charge in [0.2, 0.25) is 0 Å². The summed E-state index contributed by atoms with van der Waals surface area (Å²) in [5, 5.41) is 22.2. The second kappa shape index (κ2) is 7.85. The first-order chi connectivity index (χ1) is 11.5. The van der Waals surface area contributed by atoms with Gasteiger partial charge in [-0.2, -0.15) is 10.4 Å². The Bertz CT molecular complexity index is 808. The maximum Gasteiger partial charge on any atom is 0.335 e. The number of aromatic nitrogens is 1. The number of rotatable bonds is 6. The summed E-state index contributed by atoms with van der Waals surface area (Å²) in [6, 6.07) is 10.2. The van der Waals surface area contributed by atoms with E-state index in [2.05, 4.69) is 21.6 Å². The van der Waals surface area contributed by atoms with Crippen molar-refractivity contribution in [1.82, 2.24) is 4.98 Å². The number of hydrogen-bond donors (Lipinski definition) is 2. The van der Waals surface area contributed by atoms with E-state index in [1.165, 1.54) is 18.3 Å². The molecule has 0 aliphatic heterocycles. The van der Waals surface area contributed by atoms with E-state index in [0.717, 1.165) is 16.8 Å². The fourth-order valence-electron chi connectivity index (χ4n) is 2.10. The Kier molecular flexibility index (Phi) is 5.60. The molecule has 122 valence electrons. The summed E-state index contributed by atoms with van der Waals surface area (Å²) in [4.78, 5) is 15.1. The molecular formula is C17H16N4O3. The molecule has 0 aliphatic rings. The number of carbonyl (C=O) groups is 1. The van der Waals surface area contributed by atoms with Gasteiger partial charge >= 0.3 is 5.97 Å². The van der Waals surface area contributed by atoms with E-state index < -0.39 is 5.97 Å². The maximum atomic E-state index is 10.8. The number of hydrazone groups is 1. The minimum atomic E-state index is -0.982. The average Bonchev–Trinajstić information content (AvgIpc) is 2.55. The molecule has 0 spiro atoms. The number of nitrogens with zero attached hydrogens (tertiary/aromatic N) is 3. The van der Waals surface area contributed by atoms with Crippen LogP contribution in [0.5, 0.6) is 0 Å². The number of benzene rings is 1. The van der Waals surface area contributed by atoms with Crippen LogP contribution in [0.3, 0.4) is 0 Å².